The van der Waals surface area contributed by atoms with Crippen LogP contribution in [0.4, 0.5) is 5.69 Å². The van der Waals surface area contributed by atoms with Crippen LogP contribution in [0.2, 0.25) is 0 Å². The molecule has 0 saturated heterocycles. The highest BCUT2D eigenvalue weighted by Crippen LogP contribution is 2.31. The number of nitriles is 1. The fourth-order valence-corrected chi connectivity index (χ4v) is 1.61. The van der Waals surface area contributed by atoms with Gasteiger partial charge in [-0.05, 0) is 60.6 Å². The molecule has 140 valence electrons. The summed E-state index contributed by atoms with van der Waals surface area (Å²) in [6.07, 6.45) is 0. The van der Waals surface area contributed by atoms with Gasteiger partial charge in [0.05, 0.1) is 16.9 Å². The standard InChI is InChI=1S/C17H26N2O2.BH3O3/c1-15(2,3)19-14-10-13(9-8-12(14)11-18)21-17(6,7)16(4,5)20;2-1(3)4/h8-10,19-20H,1-7H3;2-4H. The number of hydrogen-bond acceptors (Lipinski definition) is 7. The fraction of sp³-hybridized carbons (Fsp3) is 0.588. The summed E-state index contributed by atoms with van der Waals surface area (Å²) in [6, 6.07) is 7.45. The van der Waals surface area contributed by atoms with E-state index in [0.29, 0.717) is 11.3 Å². The van der Waals surface area contributed by atoms with Crippen LogP contribution in [0, 0.1) is 11.3 Å². The molecule has 0 aliphatic heterocycles. The first-order chi connectivity index (χ1) is 11.1. The zero-order valence-corrected chi connectivity index (χ0v) is 16.0. The number of aliphatic hydroxyl groups is 1. The Bertz CT molecular complexity index is 596. The van der Waals surface area contributed by atoms with E-state index in [-0.39, 0.29) is 5.54 Å². The average molecular weight is 352 g/mol. The molecule has 5 N–H and O–H groups in total. The van der Waals surface area contributed by atoms with Gasteiger partial charge in [-0.2, -0.15) is 5.26 Å². The normalized spacial score (nSPS) is 11.8. The Hall–Kier alpha value is -1.79. The molecule has 25 heavy (non-hydrogen) atoms. The third-order valence-corrected chi connectivity index (χ3v) is 3.47. The summed E-state index contributed by atoms with van der Waals surface area (Å²) >= 11 is 0. The van der Waals surface area contributed by atoms with Gasteiger partial charge in [0.2, 0.25) is 0 Å². The molecule has 7 nitrogen and oxygen atoms in total. The zero-order chi connectivity index (χ0) is 20.1. The van der Waals surface area contributed by atoms with Gasteiger partial charge < -0.3 is 30.2 Å². The van der Waals surface area contributed by atoms with Crippen LogP contribution in [-0.2, 0) is 0 Å². The lowest BCUT2D eigenvalue weighted by Crippen LogP contribution is -2.49. The van der Waals surface area contributed by atoms with Crippen molar-refractivity contribution in [3.63, 3.8) is 0 Å². The Morgan fingerprint density at radius 1 is 1.04 bits per heavy atom. The first-order valence-electron chi connectivity index (χ1n) is 7.87. The van der Waals surface area contributed by atoms with E-state index in [1.54, 1.807) is 32.0 Å². The highest BCUT2D eigenvalue weighted by atomic mass is 16.5. The third-order valence-electron chi connectivity index (χ3n) is 3.47. The van der Waals surface area contributed by atoms with Crippen LogP contribution >= 0.6 is 0 Å². The van der Waals surface area contributed by atoms with Gasteiger partial charge in [0, 0.05) is 11.6 Å². The first kappa shape index (κ1) is 23.2. The van der Waals surface area contributed by atoms with Gasteiger partial charge in [0.15, 0.2) is 0 Å². The predicted octanol–water partition coefficient (Wildman–Crippen LogP) is 1.65. The molecule has 0 radical (unpaired) electrons. The maximum Gasteiger partial charge on any atom is 0.631 e. The summed E-state index contributed by atoms with van der Waals surface area (Å²) in [5.74, 6) is 0.618. The van der Waals surface area contributed by atoms with Crippen molar-refractivity contribution in [3.05, 3.63) is 23.8 Å². The topological polar surface area (TPSA) is 126 Å². The molecule has 0 aliphatic rings. The van der Waals surface area contributed by atoms with Crippen molar-refractivity contribution < 1.29 is 24.9 Å². The van der Waals surface area contributed by atoms with E-state index in [1.165, 1.54) is 0 Å². The molecule has 0 aromatic heterocycles. The Kier molecular flexibility index (Phi) is 7.93. The molecule has 1 aromatic rings. The molecule has 0 aliphatic carbocycles. The summed E-state index contributed by atoms with van der Waals surface area (Å²) in [5.41, 5.74) is -0.596. The van der Waals surface area contributed by atoms with Crippen LogP contribution in [0.15, 0.2) is 18.2 Å². The molecule has 0 saturated carbocycles. The minimum atomic E-state index is -2.17. The smallest absolute Gasteiger partial charge is 0.485 e. The monoisotopic (exact) mass is 352 g/mol. The van der Waals surface area contributed by atoms with Crippen LogP contribution in [-0.4, -0.2) is 44.2 Å². The minimum Gasteiger partial charge on any atom is -0.485 e. The van der Waals surface area contributed by atoms with E-state index >= 15 is 0 Å². The summed E-state index contributed by atoms with van der Waals surface area (Å²) < 4.78 is 5.92. The highest BCUT2D eigenvalue weighted by Gasteiger charge is 2.37. The molecular formula is C17H29BN2O5. The van der Waals surface area contributed by atoms with Crippen LogP contribution in [0.5, 0.6) is 5.75 Å². The molecular weight excluding hydrogens is 323 g/mol. The Balaban J connectivity index is 0.00000129. The summed E-state index contributed by atoms with van der Waals surface area (Å²) in [5, 5.41) is 44.2. The molecule has 0 bridgehead atoms. The number of ether oxygens (including phenoxy) is 1. The second-order valence-electron chi connectivity index (χ2n) is 7.71. The molecule has 0 spiro atoms. The molecule has 0 fully saturated rings. The number of rotatable bonds is 4. The highest BCUT2D eigenvalue weighted by molar-refractivity contribution is 6.30. The third kappa shape index (κ3) is 8.75. The van der Waals surface area contributed by atoms with Crippen molar-refractivity contribution in [2.24, 2.45) is 0 Å². The second kappa shape index (κ2) is 8.54. The van der Waals surface area contributed by atoms with Gasteiger partial charge in [-0.25, -0.2) is 0 Å². The van der Waals surface area contributed by atoms with Gasteiger partial charge in [0.1, 0.15) is 17.4 Å². The number of anilines is 1. The van der Waals surface area contributed by atoms with Crippen molar-refractivity contribution in [2.45, 2.75) is 65.2 Å². The number of benzene rings is 1. The van der Waals surface area contributed by atoms with Crippen molar-refractivity contribution in [1.29, 1.82) is 5.26 Å². The van der Waals surface area contributed by atoms with Crippen LogP contribution in [0.1, 0.15) is 54.0 Å². The summed E-state index contributed by atoms with van der Waals surface area (Å²) in [4.78, 5) is 0. The van der Waals surface area contributed by atoms with E-state index in [0.717, 1.165) is 5.69 Å². The lowest BCUT2D eigenvalue weighted by atomic mass is 9.89. The SMILES string of the molecule is CC(C)(C)Nc1cc(OC(C)(C)C(C)(C)O)ccc1C#N.OB(O)O. The van der Waals surface area contributed by atoms with Crippen LogP contribution in [0.25, 0.3) is 0 Å². The molecule has 8 heteroatoms. The van der Waals surface area contributed by atoms with E-state index in [4.69, 9.17) is 19.8 Å². The van der Waals surface area contributed by atoms with Gasteiger partial charge in [-0.3, -0.25) is 0 Å². The maximum absolute atomic E-state index is 10.2. The summed E-state index contributed by atoms with van der Waals surface area (Å²) in [6.45, 7) is 13.2. The Morgan fingerprint density at radius 2 is 1.52 bits per heavy atom. The number of nitrogens with one attached hydrogen (secondary N) is 1. The summed E-state index contributed by atoms with van der Waals surface area (Å²) in [7, 11) is -2.17. The lowest BCUT2D eigenvalue weighted by Gasteiger charge is -2.37. The molecule has 0 amide bonds. The van der Waals surface area contributed by atoms with Crippen molar-refractivity contribution >= 4 is 13.0 Å². The average Bonchev–Trinajstić information content (AvgIpc) is 2.34. The van der Waals surface area contributed by atoms with Gasteiger partial charge in [-0.15, -0.1) is 0 Å². The van der Waals surface area contributed by atoms with Crippen molar-refractivity contribution in [2.75, 3.05) is 5.32 Å². The Morgan fingerprint density at radius 3 is 1.88 bits per heavy atom. The number of nitrogens with zero attached hydrogens (tertiary/aromatic N) is 1. The zero-order valence-electron chi connectivity index (χ0n) is 16.0. The van der Waals surface area contributed by atoms with Crippen LogP contribution in [0.3, 0.4) is 0 Å². The van der Waals surface area contributed by atoms with Gasteiger partial charge >= 0.3 is 7.32 Å². The first-order valence-corrected chi connectivity index (χ1v) is 7.87. The van der Waals surface area contributed by atoms with E-state index in [2.05, 4.69) is 11.4 Å². The maximum atomic E-state index is 10.2. The molecule has 0 atom stereocenters. The van der Waals surface area contributed by atoms with Crippen molar-refractivity contribution in [3.8, 4) is 11.8 Å². The Labute approximate surface area is 150 Å². The quantitative estimate of drug-likeness (QED) is 0.522. The lowest BCUT2D eigenvalue weighted by molar-refractivity contribution is -0.0906. The molecule has 1 aromatic carbocycles. The molecule has 1 rings (SSSR count). The fourth-order valence-electron chi connectivity index (χ4n) is 1.61. The predicted molar refractivity (Wildman–Crippen MR) is 97.9 cm³/mol. The van der Waals surface area contributed by atoms with E-state index < -0.39 is 18.5 Å². The van der Waals surface area contributed by atoms with E-state index in [1.807, 2.05) is 34.6 Å². The number of hydrogen-bond donors (Lipinski definition) is 5. The molecule has 0 heterocycles. The van der Waals surface area contributed by atoms with Gasteiger partial charge in [0.25, 0.3) is 0 Å². The van der Waals surface area contributed by atoms with Crippen LogP contribution < -0.4 is 10.1 Å². The largest absolute Gasteiger partial charge is 0.631 e. The van der Waals surface area contributed by atoms with E-state index in [9.17, 15) is 10.4 Å². The second-order valence-corrected chi connectivity index (χ2v) is 7.71. The minimum absolute atomic E-state index is 0.157. The van der Waals surface area contributed by atoms with Crippen molar-refractivity contribution in [1.82, 2.24) is 0 Å². The van der Waals surface area contributed by atoms with Gasteiger partial charge in [-0.1, -0.05) is 0 Å². The molecule has 0 unspecified atom stereocenters.